The van der Waals surface area contributed by atoms with Crippen LogP contribution in [0.4, 0.5) is 29.1 Å². The van der Waals surface area contributed by atoms with Crippen LogP contribution in [-0.2, 0) is 33.1 Å². The van der Waals surface area contributed by atoms with E-state index < -0.39 is 39.5 Å². The number of benzene rings is 2. The van der Waals surface area contributed by atoms with Crippen molar-refractivity contribution < 1.29 is 30.8 Å². The topological polar surface area (TPSA) is 94.6 Å². The minimum Gasteiger partial charge on any atom is -0.356 e. The van der Waals surface area contributed by atoms with Gasteiger partial charge in [0.1, 0.15) is 17.3 Å². The fourth-order valence-corrected chi connectivity index (χ4v) is 6.01. The van der Waals surface area contributed by atoms with Crippen molar-refractivity contribution in [3.8, 4) is 0 Å². The van der Waals surface area contributed by atoms with Gasteiger partial charge in [0, 0.05) is 30.7 Å². The van der Waals surface area contributed by atoms with Crippen LogP contribution in [0.25, 0.3) is 0 Å². The molecule has 13 heteroatoms. The van der Waals surface area contributed by atoms with Crippen molar-refractivity contribution in [2.75, 3.05) is 43.1 Å². The maximum absolute atomic E-state index is 14.5. The van der Waals surface area contributed by atoms with Crippen molar-refractivity contribution in [1.29, 1.82) is 0 Å². The standard InChI is InChI=1S/C30H35F4N5O3S/c1-20(21-10-12-25(24(31)18-21)37-43(4,41)42)28(40)35-19-22-11-13-26(30(32,33)34)36-27(22)39-16-14-29(15-17-39,38(2)3)23-8-6-5-7-9-23/h5-13,18,20,37H,14-17,19H2,1-4H3,(H,35,40). The number of hydrogen-bond acceptors (Lipinski definition) is 6. The number of hydrogen-bond donors (Lipinski definition) is 2. The summed E-state index contributed by atoms with van der Waals surface area (Å²) in [5.74, 6) is -1.99. The molecule has 2 aromatic carbocycles. The highest BCUT2D eigenvalue weighted by Gasteiger charge is 2.40. The second-order valence-corrected chi connectivity index (χ2v) is 12.8. The van der Waals surface area contributed by atoms with E-state index in [1.54, 1.807) is 6.92 Å². The highest BCUT2D eigenvalue weighted by molar-refractivity contribution is 7.92. The Bertz CT molecular complexity index is 1560. The number of anilines is 2. The van der Waals surface area contributed by atoms with E-state index in [0.29, 0.717) is 37.1 Å². The fraction of sp³-hybridized carbons (Fsp3) is 0.400. The molecule has 0 spiro atoms. The third kappa shape index (κ3) is 7.45. The number of carbonyl (C=O) groups is 1. The summed E-state index contributed by atoms with van der Waals surface area (Å²) < 4.78 is 80.4. The smallest absolute Gasteiger partial charge is 0.356 e. The molecule has 8 nitrogen and oxygen atoms in total. The average molecular weight is 622 g/mol. The first-order valence-electron chi connectivity index (χ1n) is 13.7. The number of pyridine rings is 1. The number of halogens is 4. The first kappa shape index (κ1) is 32.2. The van der Waals surface area contributed by atoms with E-state index in [2.05, 4.69) is 32.1 Å². The van der Waals surface area contributed by atoms with Crippen molar-refractivity contribution in [1.82, 2.24) is 15.2 Å². The first-order chi connectivity index (χ1) is 20.1. The molecule has 43 heavy (non-hydrogen) atoms. The third-order valence-corrected chi connectivity index (χ3v) is 8.53. The first-order valence-corrected chi connectivity index (χ1v) is 15.6. The molecule has 2 N–H and O–H groups in total. The van der Waals surface area contributed by atoms with Crippen LogP contribution in [0.5, 0.6) is 0 Å². The van der Waals surface area contributed by atoms with E-state index in [4.69, 9.17) is 0 Å². The Kier molecular flexibility index (Phi) is 9.36. The number of amides is 1. The van der Waals surface area contributed by atoms with Crippen molar-refractivity contribution in [2.24, 2.45) is 0 Å². The van der Waals surface area contributed by atoms with Crippen LogP contribution in [0.1, 0.15) is 48.1 Å². The van der Waals surface area contributed by atoms with E-state index >= 15 is 0 Å². The predicted octanol–water partition coefficient (Wildman–Crippen LogP) is 5.09. The summed E-state index contributed by atoms with van der Waals surface area (Å²) in [6.45, 7) is 2.36. The normalized spacial score (nSPS) is 16.2. The number of alkyl halides is 3. The van der Waals surface area contributed by atoms with Crippen LogP contribution in [0.15, 0.2) is 60.7 Å². The summed E-state index contributed by atoms with van der Waals surface area (Å²) in [7, 11) is 0.299. The molecule has 4 rings (SSSR count). The number of piperidine rings is 1. The number of nitrogens with one attached hydrogen (secondary N) is 2. The average Bonchev–Trinajstić information content (AvgIpc) is 2.95. The van der Waals surface area contributed by atoms with Gasteiger partial charge in [0.15, 0.2) is 0 Å². The van der Waals surface area contributed by atoms with E-state index in [9.17, 15) is 30.8 Å². The molecule has 1 aliphatic heterocycles. The minimum atomic E-state index is -4.64. The van der Waals surface area contributed by atoms with Gasteiger partial charge in [0.05, 0.1) is 17.9 Å². The second-order valence-electron chi connectivity index (χ2n) is 11.0. The van der Waals surface area contributed by atoms with Crippen molar-refractivity contribution in [2.45, 2.75) is 43.9 Å². The molecule has 2 heterocycles. The van der Waals surface area contributed by atoms with Gasteiger partial charge in [-0.1, -0.05) is 42.5 Å². The second kappa shape index (κ2) is 12.5. The highest BCUT2D eigenvalue weighted by atomic mass is 32.2. The lowest BCUT2D eigenvalue weighted by Crippen LogP contribution is -2.51. The van der Waals surface area contributed by atoms with Crippen LogP contribution in [0, 0.1) is 5.82 Å². The van der Waals surface area contributed by atoms with Gasteiger partial charge < -0.3 is 10.2 Å². The maximum atomic E-state index is 14.5. The van der Waals surface area contributed by atoms with Crippen LogP contribution >= 0.6 is 0 Å². The minimum absolute atomic E-state index is 0.0894. The summed E-state index contributed by atoms with van der Waals surface area (Å²) in [6, 6.07) is 16.0. The van der Waals surface area contributed by atoms with Gasteiger partial charge in [-0.25, -0.2) is 17.8 Å². The van der Waals surface area contributed by atoms with E-state index in [0.717, 1.165) is 24.0 Å². The zero-order chi connectivity index (χ0) is 31.6. The summed E-state index contributed by atoms with van der Waals surface area (Å²) in [5, 5.41) is 2.74. The van der Waals surface area contributed by atoms with E-state index in [-0.39, 0.29) is 23.6 Å². The highest BCUT2D eigenvalue weighted by Crippen LogP contribution is 2.39. The van der Waals surface area contributed by atoms with Gasteiger partial charge in [-0.05, 0) is 63.2 Å². The molecule has 1 saturated heterocycles. The number of nitrogens with zero attached hydrogens (tertiary/aromatic N) is 3. The lowest BCUT2D eigenvalue weighted by atomic mass is 9.79. The molecule has 1 aliphatic rings. The Hall–Kier alpha value is -3.71. The molecule has 1 unspecified atom stereocenters. The zero-order valence-electron chi connectivity index (χ0n) is 24.4. The molecule has 232 valence electrons. The van der Waals surface area contributed by atoms with Gasteiger partial charge >= 0.3 is 6.18 Å². The summed E-state index contributed by atoms with van der Waals surface area (Å²) in [4.78, 5) is 21.0. The van der Waals surface area contributed by atoms with Crippen molar-refractivity contribution in [3.63, 3.8) is 0 Å². The van der Waals surface area contributed by atoms with Gasteiger partial charge in [-0.15, -0.1) is 0 Å². The lowest BCUT2D eigenvalue weighted by Gasteiger charge is -2.47. The molecule has 1 amide bonds. The Labute approximate surface area is 249 Å². The van der Waals surface area contributed by atoms with Gasteiger partial charge in [0.2, 0.25) is 15.9 Å². The molecule has 0 saturated carbocycles. The van der Waals surface area contributed by atoms with Gasteiger partial charge in [-0.3, -0.25) is 14.4 Å². The Morgan fingerprint density at radius 2 is 1.72 bits per heavy atom. The van der Waals surface area contributed by atoms with Crippen LogP contribution in [-0.4, -0.2) is 57.6 Å². The molecule has 0 radical (unpaired) electrons. The number of aromatic nitrogens is 1. The van der Waals surface area contributed by atoms with Gasteiger partial charge in [0.25, 0.3) is 0 Å². The van der Waals surface area contributed by atoms with Crippen LogP contribution in [0.3, 0.4) is 0 Å². The molecule has 0 bridgehead atoms. The molecule has 1 atom stereocenters. The van der Waals surface area contributed by atoms with Crippen LogP contribution in [0.2, 0.25) is 0 Å². The Balaban J connectivity index is 1.53. The molecule has 3 aromatic rings. The monoisotopic (exact) mass is 621 g/mol. The zero-order valence-corrected chi connectivity index (χ0v) is 25.2. The Morgan fingerprint density at radius 3 is 2.28 bits per heavy atom. The number of rotatable bonds is 9. The van der Waals surface area contributed by atoms with Crippen molar-refractivity contribution in [3.05, 3.63) is 88.9 Å². The molecule has 1 fully saturated rings. The maximum Gasteiger partial charge on any atom is 0.433 e. The van der Waals surface area contributed by atoms with E-state index in [1.807, 2.05) is 37.2 Å². The summed E-state index contributed by atoms with van der Waals surface area (Å²) in [6.07, 6.45) is -2.44. The predicted molar refractivity (Wildman–Crippen MR) is 158 cm³/mol. The SMILES string of the molecule is CC(C(=O)NCc1ccc(C(F)(F)F)nc1N1CCC(c2ccccc2)(N(C)C)CC1)c1ccc(NS(C)(=O)=O)c(F)c1. The number of carbonyl (C=O) groups excluding carboxylic acids is 1. The van der Waals surface area contributed by atoms with Crippen molar-refractivity contribution >= 4 is 27.4 Å². The third-order valence-electron chi connectivity index (χ3n) is 7.94. The van der Waals surface area contributed by atoms with Crippen LogP contribution < -0.4 is 14.9 Å². The van der Waals surface area contributed by atoms with E-state index in [1.165, 1.54) is 18.2 Å². The molecule has 1 aromatic heterocycles. The summed E-state index contributed by atoms with van der Waals surface area (Å²) >= 11 is 0. The molecular formula is C30H35F4N5O3S. The Morgan fingerprint density at radius 1 is 1.07 bits per heavy atom. The lowest BCUT2D eigenvalue weighted by molar-refractivity contribution is -0.141. The van der Waals surface area contributed by atoms with Gasteiger partial charge in [-0.2, -0.15) is 13.2 Å². The number of sulfonamides is 1. The summed E-state index contributed by atoms with van der Waals surface area (Å²) in [5.41, 5.74) is 0.310. The fourth-order valence-electron chi connectivity index (χ4n) is 5.45. The largest absolute Gasteiger partial charge is 0.433 e. The molecular weight excluding hydrogens is 586 g/mol. The molecule has 0 aliphatic carbocycles. The quantitative estimate of drug-likeness (QED) is 0.324.